The molecule has 0 radical (unpaired) electrons. The summed E-state index contributed by atoms with van der Waals surface area (Å²) in [6.45, 7) is 3.08. The lowest BCUT2D eigenvalue weighted by Gasteiger charge is -2.35. The van der Waals surface area contributed by atoms with Crippen molar-refractivity contribution in [2.75, 3.05) is 38.2 Å². The van der Waals surface area contributed by atoms with E-state index in [2.05, 4.69) is 0 Å². The van der Waals surface area contributed by atoms with E-state index in [0.717, 1.165) is 24.2 Å². The molecule has 1 aliphatic carbocycles. The highest BCUT2D eigenvalue weighted by atomic mass is 32.2. The molecule has 1 unspecified atom stereocenters. The van der Waals surface area contributed by atoms with Crippen LogP contribution in [0.3, 0.4) is 0 Å². The van der Waals surface area contributed by atoms with E-state index in [-0.39, 0.29) is 23.3 Å². The van der Waals surface area contributed by atoms with Gasteiger partial charge in [0, 0.05) is 19.6 Å². The van der Waals surface area contributed by atoms with Crippen molar-refractivity contribution < 1.29 is 32.3 Å². The summed E-state index contributed by atoms with van der Waals surface area (Å²) in [5, 5.41) is 0. The van der Waals surface area contributed by atoms with Crippen molar-refractivity contribution in [2.45, 2.75) is 64.0 Å². The van der Waals surface area contributed by atoms with Crippen LogP contribution >= 0.6 is 0 Å². The van der Waals surface area contributed by atoms with Crippen LogP contribution in [0.25, 0.3) is 0 Å². The minimum Gasteiger partial charge on any atom is -0.454 e. The molecule has 4 amide bonds. The molecule has 2 aliphatic heterocycles. The number of urea groups is 1. The number of ether oxygens (including phenoxy) is 1. The zero-order chi connectivity index (χ0) is 23.7. The van der Waals surface area contributed by atoms with Crippen LogP contribution in [-0.2, 0) is 29.0 Å². The third-order valence-corrected chi connectivity index (χ3v) is 8.41. The normalized spacial score (nSPS) is 24.4. The Morgan fingerprint density at radius 3 is 2.41 bits per heavy atom. The third kappa shape index (κ3) is 4.92. The fourth-order valence-corrected chi connectivity index (χ4v) is 6.67. The first kappa shape index (κ1) is 24.5. The largest absolute Gasteiger partial charge is 0.454 e. The molecule has 1 atom stereocenters. The number of likely N-dealkylation sites (N-methyl/N-ethyl adjacent to an activating group) is 1. The Kier molecular flexibility index (Phi) is 7.16. The Morgan fingerprint density at radius 2 is 1.84 bits per heavy atom. The molecule has 0 bridgehead atoms. The molecule has 10 nitrogen and oxygen atoms in total. The number of nitrogens with zero attached hydrogens (tertiary/aromatic N) is 3. The fourth-order valence-electron chi connectivity index (χ4n) is 4.94. The first-order valence-electron chi connectivity index (χ1n) is 11.2. The number of rotatable bonds is 7. The highest BCUT2D eigenvalue weighted by Gasteiger charge is 2.56. The second-order valence-corrected chi connectivity index (χ2v) is 11.7. The van der Waals surface area contributed by atoms with Gasteiger partial charge in [-0.25, -0.2) is 13.2 Å². The van der Waals surface area contributed by atoms with E-state index in [9.17, 15) is 27.6 Å². The molecule has 2 saturated heterocycles. The summed E-state index contributed by atoms with van der Waals surface area (Å²) < 4.78 is 28.8. The van der Waals surface area contributed by atoms with E-state index in [1.807, 2.05) is 13.8 Å². The van der Waals surface area contributed by atoms with Crippen LogP contribution in [-0.4, -0.2) is 96.8 Å². The van der Waals surface area contributed by atoms with Crippen molar-refractivity contribution in [1.82, 2.24) is 14.7 Å². The van der Waals surface area contributed by atoms with Crippen LogP contribution in [0.5, 0.6) is 0 Å². The van der Waals surface area contributed by atoms with Crippen molar-refractivity contribution in [2.24, 2.45) is 5.92 Å². The summed E-state index contributed by atoms with van der Waals surface area (Å²) in [4.78, 5) is 54.5. The van der Waals surface area contributed by atoms with Gasteiger partial charge in [-0.15, -0.1) is 0 Å². The predicted molar refractivity (Wildman–Crippen MR) is 115 cm³/mol. The number of imide groups is 1. The summed E-state index contributed by atoms with van der Waals surface area (Å²) in [5.41, 5.74) is -0.881. The molecule has 11 heteroatoms. The van der Waals surface area contributed by atoms with Gasteiger partial charge >= 0.3 is 12.0 Å². The minimum absolute atomic E-state index is 0.0355. The lowest BCUT2D eigenvalue weighted by atomic mass is 9.81. The SMILES string of the molecule is CC(C)CN(C(=O)COC(=O)CN1C(=O)N(C)C2(CCCCC2)C1=O)C1CCS(=O)(=O)C1. The molecule has 2 heterocycles. The average molecular weight is 472 g/mol. The molecule has 3 rings (SSSR count). The quantitative estimate of drug-likeness (QED) is 0.398. The van der Waals surface area contributed by atoms with E-state index in [0.29, 0.717) is 25.8 Å². The standard InChI is InChI=1S/C21H33N3O7S/c1-15(2)11-23(16-7-10-32(29,30)14-16)17(25)13-31-18(26)12-24-19(27)21(22(3)20(24)28)8-5-4-6-9-21/h15-16H,4-14H2,1-3H3. The minimum atomic E-state index is -3.18. The summed E-state index contributed by atoms with van der Waals surface area (Å²) in [7, 11) is -1.59. The molecule has 0 aromatic rings. The number of sulfone groups is 1. The van der Waals surface area contributed by atoms with E-state index >= 15 is 0 Å². The fraction of sp³-hybridized carbons (Fsp3) is 0.810. The van der Waals surface area contributed by atoms with Crippen molar-refractivity contribution in [3.05, 3.63) is 0 Å². The number of carbonyl (C=O) groups excluding carboxylic acids is 4. The number of carbonyl (C=O) groups is 4. The van der Waals surface area contributed by atoms with Crippen LogP contribution in [0.2, 0.25) is 0 Å². The van der Waals surface area contributed by atoms with Gasteiger partial charge in [-0.3, -0.25) is 19.3 Å². The van der Waals surface area contributed by atoms with Crippen LogP contribution in [0.4, 0.5) is 4.79 Å². The first-order chi connectivity index (χ1) is 15.0. The van der Waals surface area contributed by atoms with Gasteiger partial charge in [0.2, 0.25) is 0 Å². The summed E-state index contributed by atoms with van der Waals surface area (Å²) in [5.74, 6) is -1.65. The zero-order valence-electron chi connectivity index (χ0n) is 19.0. The third-order valence-electron chi connectivity index (χ3n) is 6.66. The molecule has 0 N–H and O–H groups in total. The summed E-state index contributed by atoms with van der Waals surface area (Å²) in [6.07, 6.45) is 4.22. The van der Waals surface area contributed by atoms with Crippen molar-refractivity contribution in [3.63, 3.8) is 0 Å². The van der Waals surface area contributed by atoms with Crippen molar-refractivity contribution in [1.29, 1.82) is 0 Å². The van der Waals surface area contributed by atoms with E-state index in [1.165, 1.54) is 9.80 Å². The summed E-state index contributed by atoms with van der Waals surface area (Å²) in [6, 6.07) is -0.965. The van der Waals surface area contributed by atoms with Gasteiger partial charge < -0.3 is 14.5 Å². The Morgan fingerprint density at radius 1 is 1.19 bits per heavy atom. The maximum Gasteiger partial charge on any atom is 0.327 e. The number of esters is 1. The topological polar surface area (TPSA) is 121 Å². The van der Waals surface area contributed by atoms with E-state index in [1.54, 1.807) is 7.05 Å². The maximum atomic E-state index is 13.0. The van der Waals surface area contributed by atoms with E-state index < -0.39 is 52.5 Å². The Labute approximate surface area is 189 Å². The van der Waals surface area contributed by atoms with Gasteiger partial charge in [0.1, 0.15) is 12.1 Å². The average Bonchev–Trinajstić information content (AvgIpc) is 3.18. The molecule has 0 aromatic carbocycles. The maximum absolute atomic E-state index is 13.0. The first-order valence-corrected chi connectivity index (χ1v) is 13.0. The number of hydrogen-bond acceptors (Lipinski definition) is 7. The van der Waals surface area contributed by atoms with Crippen LogP contribution in [0.15, 0.2) is 0 Å². The molecule has 180 valence electrons. The van der Waals surface area contributed by atoms with Gasteiger partial charge in [0.05, 0.1) is 11.5 Å². The summed E-state index contributed by atoms with van der Waals surface area (Å²) >= 11 is 0. The number of amides is 4. The lowest BCUT2D eigenvalue weighted by molar-refractivity contribution is -0.154. The molecule has 1 spiro atoms. The Hall–Kier alpha value is -2.17. The van der Waals surface area contributed by atoms with Gasteiger partial charge in [0.25, 0.3) is 11.8 Å². The highest BCUT2D eigenvalue weighted by Crippen LogP contribution is 2.39. The smallest absolute Gasteiger partial charge is 0.327 e. The van der Waals surface area contributed by atoms with Crippen molar-refractivity contribution >= 4 is 33.7 Å². The van der Waals surface area contributed by atoms with Gasteiger partial charge in [-0.05, 0) is 25.2 Å². The zero-order valence-corrected chi connectivity index (χ0v) is 19.9. The molecule has 0 aromatic heterocycles. The predicted octanol–water partition coefficient (Wildman–Crippen LogP) is 0.798. The molecule has 32 heavy (non-hydrogen) atoms. The molecule has 3 aliphatic rings. The molecular formula is C21H33N3O7S. The molecule has 1 saturated carbocycles. The van der Waals surface area contributed by atoms with Crippen LogP contribution < -0.4 is 0 Å². The Balaban J connectivity index is 1.59. The molecule has 3 fully saturated rings. The molecular weight excluding hydrogens is 438 g/mol. The van der Waals surface area contributed by atoms with Crippen LogP contribution in [0, 0.1) is 5.92 Å². The van der Waals surface area contributed by atoms with Crippen LogP contribution in [0.1, 0.15) is 52.4 Å². The second kappa shape index (κ2) is 9.36. The van der Waals surface area contributed by atoms with Gasteiger partial charge in [0.15, 0.2) is 16.4 Å². The van der Waals surface area contributed by atoms with Gasteiger partial charge in [-0.1, -0.05) is 33.1 Å². The lowest BCUT2D eigenvalue weighted by Crippen LogP contribution is -2.49. The second-order valence-electron chi connectivity index (χ2n) is 9.48. The number of hydrogen-bond donors (Lipinski definition) is 0. The monoisotopic (exact) mass is 471 g/mol. The highest BCUT2D eigenvalue weighted by molar-refractivity contribution is 7.91. The Bertz CT molecular complexity index is 880. The van der Waals surface area contributed by atoms with Crippen molar-refractivity contribution in [3.8, 4) is 0 Å². The van der Waals surface area contributed by atoms with Gasteiger partial charge in [-0.2, -0.15) is 0 Å². The van der Waals surface area contributed by atoms with E-state index in [4.69, 9.17) is 4.74 Å².